The van der Waals surface area contributed by atoms with E-state index in [1.165, 1.54) is 22.3 Å². The lowest BCUT2D eigenvalue weighted by molar-refractivity contribution is 0.724. The highest BCUT2D eigenvalue weighted by molar-refractivity contribution is 5.82. The van der Waals surface area contributed by atoms with Gasteiger partial charge >= 0.3 is 0 Å². The SMILES string of the molecule is C=C1c2ccccc2C[C@H](N)c2ccccc21. The molecule has 0 aliphatic heterocycles. The second-order valence-electron chi connectivity index (χ2n) is 4.53. The van der Waals surface area contributed by atoms with E-state index in [1.54, 1.807) is 0 Å². The van der Waals surface area contributed by atoms with Gasteiger partial charge in [-0.1, -0.05) is 55.1 Å². The molecule has 2 aromatic carbocycles. The van der Waals surface area contributed by atoms with Gasteiger partial charge in [-0.25, -0.2) is 0 Å². The number of rotatable bonds is 0. The first-order valence-corrected chi connectivity index (χ1v) is 5.89. The van der Waals surface area contributed by atoms with E-state index in [0.29, 0.717) is 0 Å². The Morgan fingerprint density at radius 3 is 2.41 bits per heavy atom. The fraction of sp³-hybridized carbons (Fsp3) is 0.125. The van der Waals surface area contributed by atoms with Gasteiger partial charge in [-0.15, -0.1) is 0 Å². The Balaban J connectivity index is 2.26. The molecule has 1 nitrogen and oxygen atoms in total. The Hall–Kier alpha value is -1.86. The molecule has 0 saturated heterocycles. The van der Waals surface area contributed by atoms with Crippen molar-refractivity contribution in [2.24, 2.45) is 5.73 Å². The summed E-state index contributed by atoms with van der Waals surface area (Å²) in [4.78, 5) is 0. The highest BCUT2D eigenvalue weighted by atomic mass is 14.6. The average Bonchev–Trinajstić information content (AvgIpc) is 2.48. The van der Waals surface area contributed by atoms with E-state index in [0.717, 1.165) is 12.0 Å². The van der Waals surface area contributed by atoms with E-state index in [9.17, 15) is 0 Å². The molecule has 0 radical (unpaired) electrons. The minimum absolute atomic E-state index is 0.0617. The molecule has 0 unspecified atom stereocenters. The molecule has 0 saturated carbocycles. The van der Waals surface area contributed by atoms with Crippen molar-refractivity contribution in [3.8, 4) is 0 Å². The zero-order valence-electron chi connectivity index (χ0n) is 9.69. The molecule has 0 fully saturated rings. The molecule has 0 spiro atoms. The maximum Gasteiger partial charge on any atom is 0.0342 e. The van der Waals surface area contributed by atoms with Crippen molar-refractivity contribution in [1.82, 2.24) is 0 Å². The van der Waals surface area contributed by atoms with Crippen molar-refractivity contribution in [1.29, 1.82) is 0 Å². The van der Waals surface area contributed by atoms with Gasteiger partial charge in [0.2, 0.25) is 0 Å². The van der Waals surface area contributed by atoms with Crippen LogP contribution in [0.4, 0.5) is 0 Å². The summed E-state index contributed by atoms with van der Waals surface area (Å²) in [6.45, 7) is 4.24. The molecular formula is C16H15N. The van der Waals surface area contributed by atoms with Crippen LogP contribution < -0.4 is 5.73 Å². The number of hydrogen-bond donors (Lipinski definition) is 1. The summed E-state index contributed by atoms with van der Waals surface area (Å²) < 4.78 is 0. The molecule has 1 aliphatic carbocycles. The second kappa shape index (κ2) is 3.86. The maximum absolute atomic E-state index is 6.28. The van der Waals surface area contributed by atoms with Crippen molar-refractivity contribution in [2.75, 3.05) is 0 Å². The van der Waals surface area contributed by atoms with Gasteiger partial charge in [-0.05, 0) is 34.2 Å². The predicted octanol–water partition coefficient (Wildman–Crippen LogP) is 3.30. The molecule has 3 rings (SSSR count). The lowest BCUT2D eigenvalue weighted by Gasteiger charge is -2.12. The Bertz CT molecular complexity index is 584. The molecule has 1 aliphatic rings. The van der Waals surface area contributed by atoms with Gasteiger partial charge in [0, 0.05) is 6.04 Å². The summed E-state index contributed by atoms with van der Waals surface area (Å²) in [7, 11) is 0. The van der Waals surface area contributed by atoms with Gasteiger partial charge in [0.05, 0.1) is 0 Å². The highest BCUT2D eigenvalue weighted by Crippen LogP contribution is 2.35. The Morgan fingerprint density at radius 2 is 1.59 bits per heavy atom. The average molecular weight is 221 g/mol. The van der Waals surface area contributed by atoms with Gasteiger partial charge in [0.25, 0.3) is 0 Å². The normalized spacial score (nSPS) is 18.2. The standard InChI is InChI=1S/C16H15N/c1-11-13-7-3-2-6-12(13)10-16(17)15-9-5-4-8-14(11)15/h2-9,16H,1,10,17H2/t16-/m0/s1. The van der Waals surface area contributed by atoms with Crippen LogP contribution in [0.2, 0.25) is 0 Å². The number of fused-ring (bicyclic) bond motifs is 2. The molecule has 2 aromatic rings. The highest BCUT2D eigenvalue weighted by Gasteiger charge is 2.20. The zero-order chi connectivity index (χ0) is 11.8. The van der Waals surface area contributed by atoms with Gasteiger partial charge < -0.3 is 5.73 Å². The quantitative estimate of drug-likeness (QED) is 0.725. The van der Waals surface area contributed by atoms with E-state index >= 15 is 0 Å². The van der Waals surface area contributed by atoms with Crippen molar-refractivity contribution < 1.29 is 0 Å². The van der Waals surface area contributed by atoms with Gasteiger partial charge in [0.15, 0.2) is 0 Å². The van der Waals surface area contributed by atoms with Crippen molar-refractivity contribution in [3.63, 3.8) is 0 Å². The van der Waals surface area contributed by atoms with E-state index in [2.05, 4.69) is 43.0 Å². The molecule has 84 valence electrons. The fourth-order valence-corrected chi connectivity index (χ4v) is 2.58. The predicted molar refractivity (Wildman–Crippen MR) is 71.7 cm³/mol. The molecule has 0 bridgehead atoms. The van der Waals surface area contributed by atoms with Gasteiger partial charge in [0.1, 0.15) is 0 Å². The van der Waals surface area contributed by atoms with E-state index < -0.39 is 0 Å². The Labute approximate surface area is 102 Å². The van der Waals surface area contributed by atoms with E-state index in [4.69, 9.17) is 5.73 Å². The van der Waals surface area contributed by atoms with Crippen molar-refractivity contribution in [2.45, 2.75) is 12.5 Å². The van der Waals surface area contributed by atoms with Crippen LogP contribution in [0.25, 0.3) is 5.57 Å². The Morgan fingerprint density at radius 1 is 0.941 bits per heavy atom. The van der Waals surface area contributed by atoms with E-state index in [1.807, 2.05) is 12.1 Å². The van der Waals surface area contributed by atoms with E-state index in [-0.39, 0.29) is 6.04 Å². The molecule has 2 N–H and O–H groups in total. The zero-order valence-corrected chi connectivity index (χ0v) is 9.69. The van der Waals surface area contributed by atoms with Crippen LogP contribution in [0.1, 0.15) is 28.3 Å². The van der Waals surface area contributed by atoms with Crippen LogP contribution in [-0.4, -0.2) is 0 Å². The minimum atomic E-state index is 0.0617. The van der Waals surface area contributed by atoms with Crippen LogP contribution in [0.5, 0.6) is 0 Å². The second-order valence-corrected chi connectivity index (χ2v) is 4.53. The molecule has 17 heavy (non-hydrogen) atoms. The van der Waals surface area contributed by atoms with Crippen LogP contribution in [-0.2, 0) is 6.42 Å². The summed E-state index contributed by atoms with van der Waals surface area (Å²) in [5, 5.41) is 0. The smallest absolute Gasteiger partial charge is 0.0342 e. The first kappa shape index (κ1) is 10.3. The van der Waals surface area contributed by atoms with Crippen LogP contribution in [0.3, 0.4) is 0 Å². The summed E-state index contributed by atoms with van der Waals surface area (Å²) in [6.07, 6.45) is 0.881. The lowest BCUT2D eigenvalue weighted by atomic mass is 9.95. The van der Waals surface area contributed by atoms with Crippen LogP contribution in [0.15, 0.2) is 55.1 Å². The summed E-state index contributed by atoms with van der Waals surface area (Å²) in [5.74, 6) is 0. The topological polar surface area (TPSA) is 26.0 Å². The third kappa shape index (κ3) is 1.60. The fourth-order valence-electron chi connectivity index (χ4n) is 2.58. The summed E-state index contributed by atoms with van der Waals surface area (Å²) in [6, 6.07) is 16.8. The number of hydrogen-bond acceptors (Lipinski definition) is 1. The van der Waals surface area contributed by atoms with Crippen LogP contribution in [0, 0.1) is 0 Å². The first-order chi connectivity index (χ1) is 8.27. The largest absolute Gasteiger partial charge is 0.324 e. The van der Waals surface area contributed by atoms with Gasteiger partial charge in [-0.2, -0.15) is 0 Å². The molecule has 1 heteroatoms. The third-order valence-electron chi connectivity index (χ3n) is 3.47. The molecular weight excluding hydrogens is 206 g/mol. The number of benzene rings is 2. The Kier molecular flexibility index (Phi) is 2.34. The van der Waals surface area contributed by atoms with Gasteiger partial charge in [-0.3, -0.25) is 0 Å². The monoisotopic (exact) mass is 221 g/mol. The van der Waals surface area contributed by atoms with Crippen LogP contribution >= 0.6 is 0 Å². The lowest BCUT2D eigenvalue weighted by Crippen LogP contribution is -2.13. The van der Waals surface area contributed by atoms with Crippen molar-refractivity contribution >= 4 is 5.57 Å². The summed E-state index contributed by atoms with van der Waals surface area (Å²) in [5.41, 5.74) is 12.3. The number of nitrogens with two attached hydrogens (primary N) is 1. The molecule has 0 amide bonds. The molecule has 1 atom stereocenters. The first-order valence-electron chi connectivity index (χ1n) is 5.89. The van der Waals surface area contributed by atoms with Crippen molar-refractivity contribution in [3.05, 3.63) is 77.4 Å². The minimum Gasteiger partial charge on any atom is -0.324 e. The maximum atomic E-state index is 6.28. The molecule has 0 heterocycles. The summed E-state index contributed by atoms with van der Waals surface area (Å²) >= 11 is 0. The molecule has 0 aromatic heterocycles. The third-order valence-corrected chi connectivity index (χ3v) is 3.47.